The Morgan fingerprint density at radius 3 is 2.88 bits per heavy atom. The molecule has 0 saturated heterocycles. The molecule has 0 amide bonds. The van der Waals surface area contributed by atoms with Crippen LogP contribution in [-0.2, 0) is 6.54 Å². The Bertz CT molecular complexity index is 298. The van der Waals surface area contributed by atoms with Crippen LogP contribution in [0.1, 0.15) is 32.9 Å². The fourth-order valence-electron chi connectivity index (χ4n) is 1.48. The number of hydrogen-bond donors (Lipinski definition) is 1. The summed E-state index contributed by atoms with van der Waals surface area (Å²) in [5, 5.41) is 6.57. The summed E-state index contributed by atoms with van der Waals surface area (Å²) < 4.78 is 0. The maximum absolute atomic E-state index is 4.62. The molecule has 1 aromatic rings. The molecule has 92 valence electrons. The van der Waals surface area contributed by atoms with Gasteiger partial charge < -0.3 is 10.2 Å². The van der Waals surface area contributed by atoms with Crippen molar-refractivity contribution in [2.75, 3.05) is 25.0 Å². The minimum absolute atomic E-state index is 0.728. The Morgan fingerprint density at radius 2 is 2.25 bits per heavy atom. The Morgan fingerprint density at radius 1 is 1.50 bits per heavy atom. The number of aromatic nitrogens is 1. The summed E-state index contributed by atoms with van der Waals surface area (Å²) in [6.07, 6.45) is 1.22. The average molecular weight is 241 g/mol. The lowest BCUT2D eigenvalue weighted by Crippen LogP contribution is -2.23. The largest absolute Gasteiger partial charge is 0.351 e. The normalized spacial score (nSPS) is 12.8. The summed E-state index contributed by atoms with van der Waals surface area (Å²) >= 11 is 1.74. The van der Waals surface area contributed by atoms with Crippen molar-refractivity contribution in [3.8, 4) is 0 Å². The van der Waals surface area contributed by atoms with E-state index in [1.54, 1.807) is 11.3 Å². The minimum atomic E-state index is 0.728. The van der Waals surface area contributed by atoms with Gasteiger partial charge in [0.1, 0.15) is 0 Å². The van der Waals surface area contributed by atoms with E-state index in [-0.39, 0.29) is 0 Å². The first-order chi connectivity index (χ1) is 7.67. The molecule has 1 rings (SSSR count). The summed E-state index contributed by atoms with van der Waals surface area (Å²) in [5.41, 5.74) is 1.15. The predicted molar refractivity (Wildman–Crippen MR) is 72.2 cm³/mol. The van der Waals surface area contributed by atoms with Crippen molar-refractivity contribution >= 4 is 16.5 Å². The first kappa shape index (κ1) is 13.5. The molecule has 0 spiro atoms. The molecule has 0 saturated carbocycles. The molecule has 0 aromatic carbocycles. The molecule has 0 bridgehead atoms. The molecule has 3 nitrogen and oxygen atoms in total. The molecule has 1 N–H and O–H groups in total. The summed E-state index contributed by atoms with van der Waals surface area (Å²) in [5.74, 6) is 0.728. The zero-order valence-corrected chi connectivity index (χ0v) is 11.6. The van der Waals surface area contributed by atoms with Crippen molar-refractivity contribution in [3.05, 3.63) is 11.1 Å². The summed E-state index contributed by atoms with van der Waals surface area (Å²) in [6, 6.07) is 0. The highest BCUT2D eigenvalue weighted by Crippen LogP contribution is 2.20. The summed E-state index contributed by atoms with van der Waals surface area (Å²) in [7, 11) is 2.13. The second-order valence-corrected chi connectivity index (χ2v) is 5.13. The van der Waals surface area contributed by atoms with Crippen LogP contribution in [0.5, 0.6) is 0 Å². The second kappa shape index (κ2) is 6.86. The van der Waals surface area contributed by atoms with Crippen LogP contribution in [0.15, 0.2) is 5.38 Å². The van der Waals surface area contributed by atoms with E-state index in [9.17, 15) is 0 Å². The van der Waals surface area contributed by atoms with Gasteiger partial charge in [0.25, 0.3) is 0 Å². The standard InChI is InChI=1S/C12H23N3S/c1-5-10(3)8-15(4)12-14-11(9-16-12)7-13-6-2/h9-10,13H,5-8H2,1-4H3. The molecule has 1 atom stereocenters. The molecule has 1 aromatic heterocycles. The molecule has 1 heterocycles. The van der Waals surface area contributed by atoms with Crippen LogP contribution >= 0.6 is 11.3 Å². The maximum Gasteiger partial charge on any atom is 0.185 e. The number of nitrogens with one attached hydrogen (secondary N) is 1. The minimum Gasteiger partial charge on any atom is -0.351 e. The van der Waals surface area contributed by atoms with Gasteiger partial charge in [0.05, 0.1) is 5.69 Å². The SMILES string of the molecule is CCNCc1csc(N(C)CC(C)CC)n1. The van der Waals surface area contributed by atoms with Crippen LogP contribution < -0.4 is 10.2 Å². The molecular formula is C12H23N3S. The van der Waals surface area contributed by atoms with Crippen molar-refractivity contribution in [2.45, 2.75) is 33.7 Å². The third-order valence-corrected chi connectivity index (χ3v) is 3.71. The average Bonchev–Trinajstić information content (AvgIpc) is 2.74. The van der Waals surface area contributed by atoms with Crippen LogP contribution in [0.2, 0.25) is 0 Å². The fraction of sp³-hybridized carbons (Fsp3) is 0.750. The molecule has 0 aliphatic rings. The molecule has 1 unspecified atom stereocenters. The van der Waals surface area contributed by atoms with Gasteiger partial charge >= 0.3 is 0 Å². The molecule has 0 fully saturated rings. The predicted octanol–water partition coefficient (Wildman–Crippen LogP) is 2.73. The van der Waals surface area contributed by atoms with Gasteiger partial charge in [0, 0.05) is 25.5 Å². The smallest absolute Gasteiger partial charge is 0.185 e. The number of thiazole rings is 1. The van der Waals surface area contributed by atoms with E-state index in [0.717, 1.165) is 36.4 Å². The van der Waals surface area contributed by atoms with E-state index >= 15 is 0 Å². The summed E-state index contributed by atoms with van der Waals surface area (Å²) in [4.78, 5) is 6.88. The second-order valence-electron chi connectivity index (χ2n) is 4.30. The lowest BCUT2D eigenvalue weighted by Gasteiger charge is -2.19. The van der Waals surface area contributed by atoms with Gasteiger partial charge in [-0.25, -0.2) is 4.98 Å². The van der Waals surface area contributed by atoms with Gasteiger partial charge in [-0.1, -0.05) is 27.2 Å². The summed E-state index contributed by atoms with van der Waals surface area (Å²) in [6.45, 7) is 9.59. The van der Waals surface area contributed by atoms with Gasteiger partial charge in [-0.15, -0.1) is 11.3 Å². The van der Waals surface area contributed by atoms with Crippen molar-refractivity contribution in [1.29, 1.82) is 0 Å². The zero-order valence-electron chi connectivity index (χ0n) is 10.8. The van der Waals surface area contributed by atoms with E-state index in [2.05, 4.69) is 48.4 Å². The third kappa shape index (κ3) is 4.10. The Kier molecular flexibility index (Phi) is 5.77. The van der Waals surface area contributed by atoms with E-state index in [0.29, 0.717) is 0 Å². The van der Waals surface area contributed by atoms with Gasteiger partial charge in [-0.2, -0.15) is 0 Å². The highest BCUT2D eigenvalue weighted by atomic mass is 32.1. The fourth-order valence-corrected chi connectivity index (χ4v) is 2.28. The van der Waals surface area contributed by atoms with Gasteiger partial charge in [0.15, 0.2) is 5.13 Å². The number of nitrogens with zero attached hydrogens (tertiary/aromatic N) is 2. The number of hydrogen-bond acceptors (Lipinski definition) is 4. The van der Waals surface area contributed by atoms with Crippen LogP contribution in [-0.4, -0.2) is 25.1 Å². The first-order valence-corrected chi connectivity index (χ1v) is 6.91. The molecule has 0 aliphatic carbocycles. The van der Waals surface area contributed by atoms with Crippen LogP contribution in [0, 0.1) is 5.92 Å². The van der Waals surface area contributed by atoms with E-state index in [4.69, 9.17) is 0 Å². The molecule has 4 heteroatoms. The molecule has 0 aliphatic heterocycles. The Labute approximate surface area is 103 Å². The lowest BCUT2D eigenvalue weighted by molar-refractivity contribution is 0.559. The van der Waals surface area contributed by atoms with E-state index in [1.807, 2.05) is 0 Å². The van der Waals surface area contributed by atoms with Crippen molar-refractivity contribution in [1.82, 2.24) is 10.3 Å². The highest BCUT2D eigenvalue weighted by Gasteiger charge is 2.09. The van der Waals surface area contributed by atoms with E-state index < -0.39 is 0 Å². The first-order valence-electron chi connectivity index (χ1n) is 6.03. The van der Waals surface area contributed by atoms with Crippen molar-refractivity contribution < 1.29 is 0 Å². The monoisotopic (exact) mass is 241 g/mol. The Balaban J connectivity index is 2.49. The van der Waals surface area contributed by atoms with Crippen molar-refractivity contribution in [3.63, 3.8) is 0 Å². The lowest BCUT2D eigenvalue weighted by atomic mass is 10.1. The maximum atomic E-state index is 4.62. The van der Waals surface area contributed by atoms with Gasteiger partial charge in [0.2, 0.25) is 0 Å². The topological polar surface area (TPSA) is 28.2 Å². The quantitative estimate of drug-likeness (QED) is 0.795. The zero-order chi connectivity index (χ0) is 12.0. The number of rotatable bonds is 7. The van der Waals surface area contributed by atoms with Crippen molar-refractivity contribution in [2.24, 2.45) is 5.92 Å². The van der Waals surface area contributed by atoms with Crippen LogP contribution in [0.4, 0.5) is 5.13 Å². The molecule has 0 radical (unpaired) electrons. The molecular weight excluding hydrogens is 218 g/mol. The molecule has 16 heavy (non-hydrogen) atoms. The highest BCUT2D eigenvalue weighted by molar-refractivity contribution is 7.13. The number of anilines is 1. The van der Waals surface area contributed by atoms with Crippen LogP contribution in [0.3, 0.4) is 0 Å². The Hall–Kier alpha value is -0.610. The van der Waals surface area contributed by atoms with E-state index in [1.165, 1.54) is 6.42 Å². The van der Waals surface area contributed by atoms with Gasteiger partial charge in [-0.05, 0) is 12.5 Å². The van der Waals surface area contributed by atoms with Crippen LogP contribution in [0.25, 0.3) is 0 Å². The third-order valence-electron chi connectivity index (χ3n) is 2.70. The van der Waals surface area contributed by atoms with Gasteiger partial charge in [-0.3, -0.25) is 0 Å².